The molecule has 1 aromatic carbocycles. The van der Waals surface area contributed by atoms with Crippen molar-refractivity contribution in [2.75, 3.05) is 12.4 Å². The molecule has 0 aliphatic heterocycles. The summed E-state index contributed by atoms with van der Waals surface area (Å²) in [4.78, 5) is 25.2. The van der Waals surface area contributed by atoms with Crippen molar-refractivity contribution in [3.63, 3.8) is 0 Å². The summed E-state index contributed by atoms with van der Waals surface area (Å²) in [6.45, 7) is 5.93. The SMILES string of the molecule is Cc1cc(SCC(=O)OCC(=O)N[C@@H](C)[C@H]2C[C@@H]3CC[C@H]2C3)c(C)cc1Br. The molecule has 0 saturated heterocycles. The van der Waals surface area contributed by atoms with Gasteiger partial charge in [0.2, 0.25) is 0 Å². The van der Waals surface area contributed by atoms with E-state index in [2.05, 4.69) is 34.2 Å². The molecule has 0 unspecified atom stereocenters. The Bertz CT molecular complexity index is 724. The maximum Gasteiger partial charge on any atom is 0.316 e. The Morgan fingerprint density at radius 2 is 2.04 bits per heavy atom. The van der Waals surface area contributed by atoms with E-state index in [1.165, 1.54) is 37.4 Å². The standard InChI is InChI=1S/C21H28BrNO3S/c1-12-7-19(13(2)6-18(12)22)27-11-21(25)26-10-20(24)23-14(3)17-9-15-4-5-16(17)8-15/h6-7,14-17H,4-5,8-11H2,1-3H3,(H,23,24)/t14-,15+,16-,17+/m0/s1. The molecule has 2 bridgehead atoms. The maximum atomic E-state index is 12.1. The number of hydrogen-bond donors (Lipinski definition) is 1. The molecule has 6 heteroatoms. The molecule has 2 aliphatic rings. The Morgan fingerprint density at radius 1 is 1.26 bits per heavy atom. The van der Waals surface area contributed by atoms with Crippen LogP contribution >= 0.6 is 27.7 Å². The van der Waals surface area contributed by atoms with Crippen LogP contribution in [0, 0.1) is 31.6 Å². The van der Waals surface area contributed by atoms with Gasteiger partial charge in [0.25, 0.3) is 5.91 Å². The molecule has 0 spiro atoms. The van der Waals surface area contributed by atoms with Gasteiger partial charge >= 0.3 is 5.97 Å². The van der Waals surface area contributed by atoms with Crippen molar-refractivity contribution in [1.82, 2.24) is 5.32 Å². The van der Waals surface area contributed by atoms with Gasteiger partial charge in [-0.25, -0.2) is 0 Å². The van der Waals surface area contributed by atoms with Crippen LogP contribution in [0.4, 0.5) is 0 Å². The van der Waals surface area contributed by atoms with Crippen molar-refractivity contribution in [2.24, 2.45) is 17.8 Å². The molecule has 0 aromatic heterocycles. The van der Waals surface area contributed by atoms with Crippen LogP contribution in [0.25, 0.3) is 0 Å². The van der Waals surface area contributed by atoms with E-state index in [9.17, 15) is 9.59 Å². The number of ether oxygens (including phenoxy) is 1. The largest absolute Gasteiger partial charge is 0.455 e. The monoisotopic (exact) mass is 453 g/mol. The lowest BCUT2D eigenvalue weighted by Gasteiger charge is -2.28. The number of esters is 1. The van der Waals surface area contributed by atoms with Gasteiger partial charge in [0.1, 0.15) is 0 Å². The minimum Gasteiger partial charge on any atom is -0.455 e. The van der Waals surface area contributed by atoms with Crippen molar-refractivity contribution in [3.05, 3.63) is 27.7 Å². The van der Waals surface area contributed by atoms with Crippen LogP contribution in [-0.2, 0) is 14.3 Å². The fraction of sp³-hybridized carbons (Fsp3) is 0.619. The Morgan fingerprint density at radius 3 is 2.70 bits per heavy atom. The predicted octanol–water partition coefficient (Wildman–Crippen LogP) is 4.64. The number of thioether (sulfide) groups is 1. The Kier molecular flexibility index (Phi) is 6.90. The second kappa shape index (κ2) is 8.99. The van der Waals surface area contributed by atoms with Gasteiger partial charge in [-0.15, -0.1) is 11.8 Å². The second-order valence-corrected chi connectivity index (χ2v) is 9.88. The zero-order valence-electron chi connectivity index (χ0n) is 16.2. The van der Waals surface area contributed by atoms with E-state index in [1.54, 1.807) is 0 Å². The highest BCUT2D eigenvalue weighted by Crippen LogP contribution is 2.49. The van der Waals surface area contributed by atoms with Gasteiger partial charge in [0.15, 0.2) is 6.61 Å². The molecule has 0 heterocycles. The molecule has 2 saturated carbocycles. The van der Waals surface area contributed by atoms with Crippen molar-refractivity contribution in [2.45, 2.75) is 57.4 Å². The third-order valence-corrected chi connectivity index (χ3v) is 7.97. The highest BCUT2D eigenvalue weighted by atomic mass is 79.9. The van der Waals surface area contributed by atoms with Crippen molar-refractivity contribution >= 4 is 39.6 Å². The minimum absolute atomic E-state index is 0.161. The zero-order valence-corrected chi connectivity index (χ0v) is 18.6. The summed E-state index contributed by atoms with van der Waals surface area (Å²) in [7, 11) is 0. The molecule has 148 valence electrons. The van der Waals surface area contributed by atoms with E-state index in [1.807, 2.05) is 19.9 Å². The lowest BCUT2D eigenvalue weighted by molar-refractivity contribution is -0.146. The van der Waals surface area contributed by atoms with Gasteiger partial charge in [0.05, 0.1) is 5.75 Å². The van der Waals surface area contributed by atoms with Crippen LogP contribution in [0.5, 0.6) is 0 Å². The normalized spacial score (nSPS) is 24.7. The van der Waals surface area contributed by atoms with E-state index < -0.39 is 0 Å². The number of carbonyl (C=O) groups excluding carboxylic acids is 2. The van der Waals surface area contributed by atoms with Crippen LogP contribution in [-0.4, -0.2) is 30.3 Å². The smallest absolute Gasteiger partial charge is 0.316 e. The number of fused-ring (bicyclic) bond motifs is 2. The first-order chi connectivity index (χ1) is 12.8. The van der Waals surface area contributed by atoms with Gasteiger partial charge in [-0.2, -0.15) is 0 Å². The first kappa shape index (κ1) is 20.7. The number of hydrogen-bond acceptors (Lipinski definition) is 4. The summed E-state index contributed by atoms with van der Waals surface area (Å²) < 4.78 is 6.23. The van der Waals surface area contributed by atoms with E-state index in [0.717, 1.165) is 32.3 Å². The van der Waals surface area contributed by atoms with Gasteiger partial charge < -0.3 is 10.1 Å². The zero-order chi connectivity index (χ0) is 19.6. The Labute approximate surface area is 174 Å². The fourth-order valence-corrected chi connectivity index (χ4v) is 5.90. The predicted molar refractivity (Wildman–Crippen MR) is 112 cm³/mol. The van der Waals surface area contributed by atoms with Crippen LogP contribution in [0.1, 0.15) is 43.7 Å². The molecule has 2 aliphatic carbocycles. The molecule has 4 atom stereocenters. The third-order valence-electron chi connectivity index (χ3n) is 5.99. The van der Waals surface area contributed by atoms with E-state index in [-0.39, 0.29) is 30.3 Å². The summed E-state index contributed by atoms with van der Waals surface area (Å²) in [5.41, 5.74) is 2.24. The number of rotatable bonds is 7. The summed E-state index contributed by atoms with van der Waals surface area (Å²) in [5.74, 6) is 1.86. The molecule has 2 fully saturated rings. The van der Waals surface area contributed by atoms with E-state index in [0.29, 0.717) is 5.92 Å². The van der Waals surface area contributed by atoms with E-state index >= 15 is 0 Å². The average Bonchev–Trinajstić information content (AvgIpc) is 3.25. The van der Waals surface area contributed by atoms with Gasteiger partial charge in [0, 0.05) is 15.4 Å². The number of benzene rings is 1. The van der Waals surface area contributed by atoms with Gasteiger partial charge in [-0.1, -0.05) is 22.4 Å². The summed E-state index contributed by atoms with van der Waals surface area (Å²) in [6.07, 6.45) is 5.21. The van der Waals surface area contributed by atoms with Crippen molar-refractivity contribution in [1.29, 1.82) is 0 Å². The molecule has 0 radical (unpaired) electrons. The summed E-state index contributed by atoms with van der Waals surface area (Å²) in [5, 5.41) is 3.03. The van der Waals surface area contributed by atoms with Crippen molar-refractivity contribution < 1.29 is 14.3 Å². The quantitative estimate of drug-likeness (QED) is 0.482. The molecular weight excluding hydrogens is 426 g/mol. The number of nitrogens with one attached hydrogen (secondary N) is 1. The summed E-state index contributed by atoms with van der Waals surface area (Å²) >= 11 is 4.96. The molecule has 3 rings (SSSR count). The van der Waals surface area contributed by atoms with Crippen molar-refractivity contribution in [3.8, 4) is 0 Å². The number of halogens is 1. The lowest BCUT2D eigenvalue weighted by Crippen LogP contribution is -2.42. The van der Waals surface area contributed by atoms with Gasteiger partial charge in [-0.05, 0) is 81.0 Å². The highest BCUT2D eigenvalue weighted by Gasteiger charge is 2.42. The molecule has 27 heavy (non-hydrogen) atoms. The van der Waals surface area contributed by atoms with Crippen LogP contribution in [0.2, 0.25) is 0 Å². The highest BCUT2D eigenvalue weighted by molar-refractivity contribution is 9.10. The van der Waals surface area contributed by atoms with Crippen LogP contribution in [0.3, 0.4) is 0 Å². The van der Waals surface area contributed by atoms with Crippen LogP contribution in [0.15, 0.2) is 21.5 Å². The molecule has 4 nitrogen and oxygen atoms in total. The lowest BCUT2D eigenvalue weighted by atomic mass is 9.84. The molecule has 1 N–H and O–H groups in total. The first-order valence-electron chi connectivity index (χ1n) is 9.68. The maximum absolute atomic E-state index is 12.1. The average molecular weight is 454 g/mol. The molecule has 1 aromatic rings. The first-order valence-corrected chi connectivity index (χ1v) is 11.5. The molecule has 1 amide bonds. The minimum atomic E-state index is -0.359. The second-order valence-electron chi connectivity index (χ2n) is 8.01. The third kappa shape index (κ3) is 5.29. The summed E-state index contributed by atoms with van der Waals surface area (Å²) in [6, 6.07) is 4.27. The topological polar surface area (TPSA) is 55.4 Å². The van der Waals surface area contributed by atoms with E-state index in [4.69, 9.17) is 4.74 Å². The Hall–Kier alpha value is -1.01. The number of carbonyl (C=O) groups is 2. The fourth-order valence-electron chi connectivity index (χ4n) is 4.54. The van der Waals surface area contributed by atoms with Crippen LogP contribution < -0.4 is 5.32 Å². The number of amides is 1. The molecular formula is C21H28BrNO3S. The Balaban J connectivity index is 1.38. The van der Waals surface area contributed by atoms with Gasteiger partial charge in [-0.3, -0.25) is 9.59 Å². The number of aryl methyl sites for hydroxylation is 2.